The molecule has 1 saturated carbocycles. The van der Waals surface area contributed by atoms with Gasteiger partial charge in [-0.3, -0.25) is 10.1 Å². The average Bonchev–Trinajstić information content (AvgIpc) is 2.78. The van der Waals surface area contributed by atoms with Crippen LogP contribution >= 0.6 is 0 Å². The van der Waals surface area contributed by atoms with Gasteiger partial charge in [-0.25, -0.2) is 0 Å². The van der Waals surface area contributed by atoms with Crippen LogP contribution in [-0.4, -0.2) is 22.7 Å². The van der Waals surface area contributed by atoms with Gasteiger partial charge >= 0.3 is 5.97 Å². The molecule has 1 fully saturated rings. The lowest BCUT2D eigenvalue weighted by Crippen LogP contribution is -2.51. The molecule has 0 aromatic heterocycles. The van der Waals surface area contributed by atoms with E-state index in [2.05, 4.69) is 26.1 Å². The van der Waals surface area contributed by atoms with Crippen LogP contribution in [-0.2, 0) is 4.79 Å². The Morgan fingerprint density at radius 3 is 2.47 bits per heavy atom. The first-order valence-electron chi connectivity index (χ1n) is 5.86. The van der Waals surface area contributed by atoms with E-state index in [1.807, 2.05) is 6.92 Å². The second-order valence-electron chi connectivity index (χ2n) is 5.53. The largest absolute Gasteiger partial charge is 0.480 e. The highest BCUT2D eigenvalue weighted by Gasteiger charge is 2.42. The molecule has 0 aromatic carbocycles. The number of hydrogen-bond acceptors (Lipinski definition) is 2. The van der Waals surface area contributed by atoms with Crippen molar-refractivity contribution in [3.05, 3.63) is 0 Å². The van der Waals surface area contributed by atoms with Crippen LogP contribution in [0, 0.1) is 11.8 Å². The number of carboxylic acids is 1. The molecule has 1 aliphatic rings. The van der Waals surface area contributed by atoms with Crippen molar-refractivity contribution < 1.29 is 9.90 Å². The van der Waals surface area contributed by atoms with Crippen molar-refractivity contribution in [2.45, 2.75) is 58.5 Å². The summed E-state index contributed by atoms with van der Waals surface area (Å²) in [5.74, 6) is 0.479. The number of carboxylic acid groups (broad SMARTS) is 1. The predicted octanol–water partition coefficient (Wildman–Crippen LogP) is 2.26. The molecular weight excluding hydrogens is 190 g/mol. The Kier molecular flexibility index (Phi) is 3.77. The zero-order valence-corrected chi connectivity index (χ0v) is 10.2. The molecule has 0 amide bonds. The highest BCUT2D eigenvalue weighted by molar-refractivity contribution is 5.78. The molecule has 0 aromatic rings. The van der Waals surface area contributed by atoms with Gasteiger partial charge in [0.05, 0.1) is 0 Å². The van der Waals surface area contributed by atoms with Crippen molar-refractivity contribution in [1.29, 1.82) is 0 Å². The van der Waals surface area contributed by atoms with E-state index < -0.39 is 11.5 Å². The molecule has 0 spiro atoms. The fourth-order valence-corrected chi connectivity index (χ4v) is 1.75. The van der Waals surface area contributed by atoms with E-state index >= 15 is 0 Å². The molecule has 1 rings (SSSR count). The Morgan fingerprint density at radius 1 is 1.60 bits per heavy atom. The maximum absolute atomic E-state index is 11.2. The lowest BCUT2D eigenvalue weighted by molar-refractivity contribution is -0.144. The maximum atomic E-state index is 11.2. The number of rotatable bonds is 6. The van der Waals surface area contributed by atoms with E-state index in [-0.39, 0.29) is 0 Å². The lowest BCUT2D eigenvalue weighted by atomic mass is 9.92. The summed E-state index contributed by atoms with van der Waals surface area (Å²) in [4.78, 5) is 11.2. The molecule has 3 heteroatoms. The monoisotopic (exact) mass is 213 g/mol. The summed E-state index contributed by atoms with van der Waals surface area (Å²) in [5.41, 5.74) is -0.736. The standard InChI is InChI=1S/C12H23NO2/c1-8(2)5-6-12(4,11(14)15)13-10-7-9(10)3/h8-10,13H,5-7H2,1-4H3,(H,14,15). The molecule has 1 aliphatic carbocycles. The van der Waals surface area contributed by atoms with Crippen molar-refractivity contribution in [3.63, 3.8) is 0 Å². The first-order chi connectivity index (χ1) is 6.85. The minimum absolute atomic E-state index is 0.415. The zero-order chi connectivity index (χ0) is 11.6. The molecule has 2 N–H and O–H groups in total. The second-order valence-corrected chi connectivity index (χ2v) is 5.53. The topological polar surface area (TPSA) is 49.3 Å². The molecule has 0 bridgehead atoms. The fraction of sp³-hybridized carbons (Fsp3) is 0.917. The summed E-state index contributed by atoms with van der Waals surface area (Å²) >= 11 is 0. The van der Waals surface area contributed by atoms with E-state index in [1.165, 1.54) is 0 Å². The number of aliphatic carboxylic acids is 1. The summed E-state index contributed by atoms with van der Waals surface area (Å²) in [6.45, 7) is 8.22. The molecule has 0 radical (unpaired) electrons. The highest BCUT2D eigenvalue weighted by atomic mass is 16.4. The van der Waals surface area contributed by atoms with Gasteiger partial charge in [-0.2, -0.15) is 0 Å². The van der Waals surface area contributed by atoms with Gasteiger partial charge in [0.2, 0.25) is 0 Å². The first kappa shape index (κ1) is 12.5. The first-order valence-corrected chi connectivity index (χ1v) is 5.86. The third-order valence-electron chi connectivity index (χ3n) is 3.31. The predicted molar refractivity (Wildman–Crippen MR) is 60.8 cm³/mol. The molecule has 3 unspecified atom stereocenters. The van der Waals surface area contributed by atoms with Crippen LogP contribution < -0.4 is 5.32 Å². The van der Waals surface area contributed by atoms with Crippen LogP contribution in [0.25, 0.3) is 0 Å². The smallest absolute Gasteiger partial charge is 0.323 e. The quantitative estimate of drug-likeness (QED) is 0.711. The van der Waals surface area contributed by atoms with E-state index in [0.29, 0.717) is 24.3 Å². The molecule has 3 nitrogen and oxygen atoms in total. The molecule has 15 heavy (non-hydrogen) atoms. The lowest BCUT2D eigenvalue weighted by Gasteiger charge is -2.27. The summed E-state index contributed by atoms with van der Waals surface area (Å²) in [6.07, 6.45) is 2.78. The van der Waals surface area contributed by atoms with E-state index in [1.54, 1.807) is 0 Å². The number of hydrogen-bond donors (Lipinski definition) is 2. The Balaban J connectivity index is 2.49. The van der Waals surface area contributed by atoms with Crippen LogP contribution in [0.15, 0.2) is 0 Å². The summed E-state index contributed by atoms with van der Waals surface area (Å²) in [7, 11) is 0. The Bertz CT molecular complexity index is 240. The van der Waals surface area contributed by atoms with E-state index in [0.717, 1.165) is 12.8 Å². The van der Waals surface area contributed by atoms with Crippen molar-refractivity contribution >= 4 is 5.97 Å². The van der Waals surface area contributed by atoms with Crippen LogP contribution in [0.2, 0.25) is 0 Å². The molecule has 88 valence electrons. The van der Waals surface area contributed by atoms with Crippen molar-refractivity contribution in [1.82, 2.24) is 5.32 Å². The minimum atomic E-state index is -0.736. The molecular formula is C12H23NO2. The van der Waals surface area contributed by atoms with Gasteiger partial charge in [0.15, 0.2) is 0 Å². The van der Waals surface area contributed by atoms with Gasteiger partial charge in [0.1, 0.15) is 5.54 Å². The third-order valence-corrected chi connectivity index (χ3v) is 3.31. The minimum Gasteiger partial charge on any atom is -0.480 e. The van der Waals surface area contributed by atoms with Crippen LogP contribution in [0.4, 0.5) is 0 Å². The Labute approximate surface area is 92.3 Å². The number of nitrogens with one attached hydrogen (secondary N) is 1. The summed E-state index contributed by atoms with van der Waals surface area (Å²) in [5, 5.41) is 12.5. The SMILES string of the molecule is CC(C)CCC(C)(NC1CC1C)C(=O)O. The Morgan fingerprint density at radius 2 is 2.13 bits per heavy atom. The van der Waals surface area contributed by atoms with Crippen LogP contribution in [0.3, 0.4) is 0 Å². The van der Waals surface area contributed by atoms with Gasteiger partial charge < -0.3 is 5.11 Å². The van der Waals surface area contributed by atoms with Crippen LogP contribution in [0.1, 0.15) is 47.0 Å². The van der Waals surface area contributed by atoms with Crippen molar-refractivity contribution in [2.24, 2.45) is 11.8 Å². The van der Waals surface area contributed by atoms with Gasteiger partial charge in [-0.1, -0.05) is 20.8 Å². The average molecular weight is 213 g/mol. The highest BCUT2D eigenvalue weighted by Crippen LogP contribution is 2.32. The van der Waals surface area contributed by atoms with Crippen molar-refractivity contribution in [2.75, 3.05) is 0 Å². The van der Waals surface area contributed by atoms with Gasteiger partial charge in [0.25, 0.3) is 0 Å². The third kappa shape index (κ3) is 3.49. The summed E-state index contributed by atoms with van der Waals surface area (Å²) < 4.78 is 0. The van der Waals surface area contributed by atoms with Crippen LogP contribution in [0.5, 0.6) is 0 Å². The summed E-state index contributed by atoms with van der Waals surface area (Å²) in [6, 6.07) is 0.415. The van der Waals surface area contributed by atoms with Gasteiger partial charge in [0, 0.05) is 6.04 Å². The van der Waals surface area contributed by atoms with Gasteiger partial charge in [-0.15, -0.1) is 0 Å². The fourth-order valence-electron chi connectivity index (χ4n) is 1.75. The molecule has 3 atom stereocenters. The molecule has 0 heterocycles. The zero-order valence-electron chi connectivity index (χ0n) is 10.2. The van der Waals surface area contributed by atoms with Gasteiger partial charge in [-0.05, 0) is 38.0 Å². The normalized spacial score (nSPS) is 28.9. The number of carbonyl (C=O) groups is 1. The van der Waals surface area contributed by atoms with E-state index in [4.69, 9.17) is 0 Å². The van der Waals surface area contributed by atoms with E-state index in [9.17, 15) is 9.90 Å². The molecule has 0 saturated heterocycles. The second kappa shape index (κ2) is 4.52. The Hall–Kier alpha value is -0.570. The molecule has 0 aliphatic heterocycles. The maximum Gasteiger partial charge on any atom is 0.323 e. The van der Waals surface area contributed by atoms with Crippen molar-refractivity contribution in [3.8, 4) is 0 Å².